The number of hydrogen-bond acceptors (Lipinski definition) is 2. The van der Waals surface area contributed by atoms with Crippen LogP contribution in [0.1, 0.15) is 0 Å². The Hall–Kier alpha value is -7.16. The average molecular weight is 690 g/mol. The third kappa shape index (κ3) is 5.62. The number of nitrogens with zero attached hydrogens (tertiary/aromatic N) is 1. The highest BCUT2D eigenvalue weighted by molar-refractivity contribution is 6.25. The second-order valence-corrected chi connectivity index (χ2v) is 13.7. The standard InChI is InChI=1S/C52H35NO/c1-4-13-36(14-5-1)37-25-29-41(30-26-37)48-35-42-15-10-11-20-47(42)51-50-46(21-12-22-49(50)54-52(48)51)40-27-23-38(24-28-40)39-31-33-45(34-32-39)53(43-16-6-2-7-17-43)44-18-8-3-9-19-44/h1-35H. The maximum atomic E-state index is 6.81. The molecule has 0 saturated heterocycles. The second-order valence-electron chi connectivity index (χ2n) is 13.7. The maximum absolute atomic E-state index is 6.81. The third-order valence-electron chi connectivity index (χ3n) is 10.5. The summed E-state index contributed by atoms with van der Waals surface area (Å²) < 4.78 is 6.81. The average Bonchev–Trinajstić information content (AvgIpc) is 3.66. The van der Waals surface area contributed by atoms with Crippen molar-refractivity contribution in [2.45, 2.75) is 0 Å². The Kier molecular flexibility index (Phi) is 7.85. The minimum absolute atomic E-state index is 0.891. The van der Waals surface area contributed by atoms with E-state index < -0.39 is 0 Å². The normalized spacial score (nSPS) is 11.3. The molecule has 0 spiro atoms. The molecule has 0 unspecified atom stereocenters. The summed E-state index contributed by atoms with van der Waals surface area (Å²) in [5.41, 5.74) is 14.5. The van der Waals surface area contributed by atoms with Gasteiger partial charge in [-0.25, -0.2) is 0 Å². The van der Waals surface area contributed by atoms with Gasteiger partial charge >= 0.3 is 0 Å². The van der Waals surface area contributed by atoms with Crippen LogP contribution in [-0.2, 0) is 0 Å². The summed E-state index contributed by atoms with van der Waals surface area (Å²) in [7, 11) is 0. The van der Waals surface area contributed by atoms with Crippen LogP contribution in [-0.4, -0.2) is 0 Å². The predicted octanol–water partition coefficient (Wildman–Crippen LogP) is 14.9. The van der Waals surface area contributed by atoms with Crippen molar-refractivity contribution in [3.8, 4) is 44.5 Å². The van der Waals surface area contributed by atoms with E-state index in [1.165, 1.54) is 33.0 Å². The zero-order valence-electron chi connectivity index (χ0n) is 29.6. The van der Waals surface area contributed by atoms with Crippen molar-refractivity contribution in [3.63, 3.8) is 0 Å². The van der Waals surface area contributed by atoms with Gasteiger partial charge in [-0.05, 0) is 98.2 Å². The molecule has 0 N–H and O–H groups in total. The van der Waals surface area contributed by atoms with Crippen molar-refractivity contribution < 1.29 is 4.42 Å². The molecule has 0 aliphatic carbocycles. The van der Waals surface area contributed by atoms with E-state index in [1.54, 1.807) is 0 Å². The molecule has 2 heteroatoms. The highest BCUT2D eigenvalue weighted by atomic mass is 16.3. The lowest BCUT2D eigenvalue weighted by Gasteiger charge is -2.25. The SMILES string of the molecule is c1ccc(-c2ccc(-c3cc4ccccc4c4c3oc3cccc(-c5ccc(-c6ccc(N(c7ccccc7)c7ccccc7)cc6)cc5)c34)cc2)cc1. The molecular weight excluding hydrogens is 655 g/mol. The number of furan rings is 1. The number of fused-ring (bicyclic) bond motifs is 5. The fourth-order valence-electron chi connectivity index (χ4n) is 7.84. The smallest absolute Gasteiger partial charge is 0.143 e. The highest BCUT2D eigenvalue weighted by Crippen LogP contribution is 2.45. The van der Waals surface area contributed by atoms with Crippen molar-refractivity contribution >= 4 is 49.8 Å². The van der Waals surface area contributed by atoms with Gasteiger partial charge in [0, 0.05) is 33.4 Å². The fraction of sp³-hybridized carbons (Fsp3) is 0. The Bertz CT molecular complexity index is 2840. The molecule has 0 atom stereocenters. The Labute approximate surface area is 314 Å². The van der Waals surface area contributed by atoms with E-state index in [-0.39, 0.29) is 0 Å². The van der Waals surface area contributed by atoms with Crippen LogP contribution in [0.25, 0.3) is 77.2 Å². The monoisotopic (exact) mass is 689 g/mol. The van der Waals surface area contributed by atoms with Gasteiger partial charge in [0.25, 0.3) is 0 Å². The molecule has 0 aliphatic heterocycles. The van der Waals surface area contributed by atoms with Gasteiger partial charge in [-0.1, -0.05) is 164 Å². The zero-order chi connectivity index (χ0) is 35.8. The number of rotatable bonds is 7. The molecule has 0 aliphatic rings. The first kappa shape index (κ1) is 31.6. The van der Waals surface area contributed by atoms with E-state index in [9.17, 15) is 0 Å². The zero-order valence-corrected chi connectivity index (χ0v) is 29.6. The van der Waals surface area contributed by atoms with Crippen LogP contribution in [0, 0.1) is 0 Å². The van der Waals surface area contributed by atoms with Gasteiger partial charge in [0.05, 0.1) is 0 Å². The fourth-order valence-corrected chi connectivity index (χ4v) is 7.84. The quantitative estimate of drug-likeness (QED) is 0.166. The summed E-state index contributed by atoms with van der Waals surface area (Å²) in [4.78, 5) is 2.29. The van der Waals surface area contributed by atoms with Crippen molar-refractivity contribution in [3.05, 3.63) is 212 Å². The van der Waals surface area contributed by atoms with Gasteiger partial charge in [-0.3, -0.25) is 0 Å². The van der Waals surface area contributed by atoms with Crippen LogP contribution in [0.4, 0.5) is 17.1 Å². The number of para-hydroxylation sites is 2. The van der Waals surface area contributed by atoms with Gasteiger partial charge in [0.2, 0.25) is 0 Å². The summed E-state index contributed by atoms with van der Waals surface area (Å²) in [5, 5.41) is 4.69. The first-order chi connectivity index (χ1) is 26.8. The van der Waals surface area contributed by atoms with Gasteiger partial charge < -0.3 is 9.32 Å². The van der Waals surface area contributed by atoms with Gasteiger partial charge in [0.15, 0.2) is 0 Å². The molecule has 1 aromatic heterocycles. The van der Waals surface area contributed by atoms with E-state index in [2.05, 4.69) is 217 Å². The lowest BCUT2D eigenvalue weighted by Crippen LogP contribution is -2.09. The molecule has 0 saturated carbocycles. The van der Waals surface area contributed by atoms with Gasteiger partial charge in [-0.15, -0.1) is 0 Å². The molecule has 10 aromatic rings. The van der Waals surface area contributed by atoms with Crippen molar-refractivity contribution in [2.75, 3.05) is 4.90 Å². The van der Waals surface area contributed by atoms with Crippen LogP contribution >= 0.6 is 0 Å². The van der Waals surface area contributed by atoms with E-state index in [4.69, 9.17) is 4.42 Å². The van der Waals surface area contributed by atoms with Crippen molar-refractivity contribution in [1.82, 2.24) is 0 Å². The summed E-state index contributed by atoms with van der Waals surface area (Å²) in [6.45, 7) is 0. The minimum Gasteiger partial charge on any atom is -0.455 e. The molecule has 10 rings (SSSR count). The molecule has 9 aromatic carbocycles. The van der Waals surface area contributed by atoms with Crippen molar-refractivity contribution in [1.29, 1.82) is 0 Å². The summed E-state index contributed by atoms with van der Waals surface area (Å²) >= 11 is 0. The van der Waals surface area contributed by atoms with Crippen LogP contribution in [0.15, 0.2) is 217 Å². The highest BCUT2D eigenvalue weighted by Gasteiger charge is 2.19. The van der Waals surface area contributed by atoms with E-state index in [0.29, 0.717) is 0 Å². The Balaban J connectivity index is 1.03. The van der Waals surface area contributed by atoms with E-state index in [0.717, 1.165) is 61.3 Å². The van der Waals surface area contributed by atoms with Gasteiger partial charge in [-0.2, -0.15) is 0 Å². The summed E-state index contributed by atoms with van der Waals surface area (Å²) in [6, 6.07) is 75.6. The molecule has 0 bridgehead atoms. The van der Waals surface area contributed by atoms with Crippen LogP contribution in [0.5, 0.6) is 0 Å². The van der Waals surface area contributed by atoms with Gasteiger partial charge in [0.1, 0.15) is 11.2 Å². The van der Waals surface area contributed by atoms with E-state index in [1.807, 2.05) is 0 Å². The van der Waals surface area contributed by atoms with Crippen LogP contribution < -0.4 is 4.90 Å². The maximum Gasteiger partial charge on any atom is 0.143 e. The first-order valence-corrected chi connectivity index (χ1v) is 18.4. The molecule has 1 heterocycles. The predicted molar refractivity (Wildman–Crippen MR) is 228 cm³/mol. The van der Waals surface area contributed by atoms with E-state index >= 15 is 0 Å². The Morgan fingerprint density at radius 1 is 0.315 bits per heavy atom. The minimum atomic E-state index is 0.891. The lowest BCUT2D eigenvalue weighted by atomic mass is 9.92. The second kappa shape index (κ2) is 13.4. The van der Waals surface area contributed by atoms with Crippen LogP contribution in [0.3, 0.4) is 0 Å². The number of benzene rings is 9. The third-order valence-corrected chi connectivity index (χ3v) is 10.5. The molecule has 254 valence electrons. The molecule has 54 heavy (non-hydrogen) atoms. The number of anilines is 3. The molecule has 0 amide bonds. The molecular formula is C52H35NO. The summed E-state index contributed by atoms with van der Waals surface area (Å²) in [5.74, 6) is 0. The lowest BCUT2D eigenvalue weighted by molar-refractivity contribution is 0.670. The Morgan fingerprint density at radius 3 is 1.39 bits per heavy atom. The molecule has 2 nitrogen and oxygen atoms in total. The topological polar surface area (TPSA) is 16.4 Å². The van der Waals surface area contributed by atoms with Crippen LogP contribution in [0.2, 0.25) is 0 Å². The Morgan fingerprint density at radius 2 is 0.778 bits per heavy atom. The first-order valence-electron chi connectivity index (χ1n) is 18.4. The summed E-state index contributed by atoms with van der Waals surface area (Å²) in [6.07, 6.45) is 0. The number of hydrogen-bond donors (Lipinski definition) is 0. The van der Waals surface area contributed by atoms with Crippen molar-refractivity contribution in [2.24, 2.45) is 0 Å². The molecule has 0 fully saturated rings. The molecule has 0 radical (unpaired) electrons. The largest absolute Gasteiger partial charge is 0.455 e.